The standard InChI is InChI=1S/C40H62O3/c1-5-7-9-11-13-15-17-19-21-23-25-27-29-31-33-35-39(41)37(3)43-38(4)40(42)36-34-32-30-28-26-24-22-20-18-16-14-12-10-8-6-2/h7-10,13-16,19-22H,3-6,11-12,17-18,23-36H2,1-2H3/b9-7-,10-8-,15-13-,16-14-,21-19-,22-20-. The maximum atomic E-state index is 12.3. The Bertz CT molecular complexity index is 836. The molecule has 0 unspecified atom stereocenters. The number of unbranched alkanes of at least 4 members (excludes halogenated alkanes) is 10. The Morgan fingerprint density at radius 1 is 0.442 bits per heavy atom. The van der Waals surface area contributed by atoms with Crippen molar-refractivity contribution in [1.29, 1.82) is 0 Å². The zero-order valence-corrected chi connectivity index (χ0v) is 27.7. The molecular formula is C40H62O3. The van der Waals surface area contributed by atoms with Crippen molar-refractivity contribution in [2.24, 2.45) is 0 Å². The molecule has 3 heteroatoms. The number of ether oxygens (including phenoxy) is 1. The second-order valence-electron chi connectivity index (χ2n) is 11.0. The largest absolute Gasteiger partial charge is 0.451 e. The number of carbonyl (C=O) groups excluding carboxylic acids is 2. The highest BCUT2D eigenvalue weighted by molar-refractivity contribution is 5.96. The normalized spacial score (nSPS) is 12.2. The molecule has 0 aromatic carbocycles. The molecule has 0 fully saturated rings. The van der Waals surface area contributed by atoms with Crippen molar-refractivity contribution in [2.75, 3.05) is 0 Å². The highest BCUT2D eigenvalue weighted by Crippen LogP contribution is 2.15. The Hall–Kier alpha value is -2.94. The fraction of sp³-hybridized carbons (Fsp3) is 0.550. The van der Waals surface area contributed by atoms with Crippen LogP contribution in [0.1, 0.15) is 142 Å². The molecule has 0 aromatic heterocycles. The molecule has 0 rings (SSSR count). The van der Waals surface area contributed by atoms with Crippen molar-refractivity contribution in [2.45, 2.75) is 142 Å². The van der Waals surface area contributed by atoms with Gasteiger partial charge < -0.3 is 4.74 Å². The van der Waals surface area contributed by atoms with Crippen LogP contribution in [0.15, 0.2) is 97.6 Å². The predicted molar refractivity (Wildman–Crippen MR) is 188 cm³/mol. The molecule has 240 valence electrons. The molecule has 0 aromatic rings. The fourth-order valence-electron chi connectivity index (χ4n) is 4.35. The van der Waals surface area contributed by atoms with Crippen LogP contribution >= 0.6 is 0 Å². The van der Waals surface area contributed by atoms with E-state index in [9.17, 15) is 9.59 Å². The van der Waals surface area contributed by atoms with E-state index in [1.807, 2.05) is 0 Å². The first-order valence-electron chi connectivity index (χ1n) is 17.0. The Morgan fingerprint density at radius 2 is 0.744 bits per heavy atom. The summed E-state index contributed by atoms with van der Waals surface area (Å²) in [5.41, 5.74) is 0. The molecule has 0 aliphatic heterocycles. The van der Waals surface area contributed by atoms with Gasteiger partial charge in [0.1, 0.15) is 0 Å². The molecule has 0 amide bonds. The Balaban J connectivity index is 3.72. The zero-order valence-electron chi connectivity index (χ0n) is 27.7. The van der Waals surface area contributed by atoms with E-state index in [0.29, 0.717) is 12.8 Å². The van der Waals surface area contributed by atoms with E-state index in [1.165, 1.54) is 25.7 Å². The van der Waals surface area contributed by atoms with Crippen LogP contribution in [0.4, 0.5) is 0 Å². The Kier molecular flexibility index (Phi) is 29.8. The van der Waals surface area contributed by atoms with E-state index >= 15 is 0 Å². The molecule has 43 heavy (non-hydrogen) atoms. The third-order valence-electron chi connectivity index (χ3n) is 6.98. The summed E-state index contributed by atoms with van der Waals surface area (Å²) in [5.74, 6) is -0.194. The molecule has 0 saturated heterocycles. The Morgan fingerprint density at radius 3 is 1.12 bits per heavy atom. The number of hydrogen-bond acceptors (Lipinski definition) is 3. The number of rotatable bonds is 30. The van der Waals surface area contributed by atoms with Crippen molar-refractivity contribution in [3.05, 3.63) is 97.6 Å². The van der Waals surface area contributed by atoms with E-state index in [0.717, 1.165) is 89.9 Å². The van der Waals surface area contributed by atoms with Crippen LogP contribution in [0.2, 0.25) is 0 Å². The second kappa shape index (κ2) is 32.0. The van der Waals surface area contributed by atoms with Gasteiger partial charge in [0.15, 0.2) is 23.1 Å². The minimum absolute atomic E-state index is 0.0378. The van der Waals surface area contributed by atoms with Crippen LogP contribution in [0, 0.1) is 0 Å². The van der Waals surface area contributed by atoms with Crippen molar-refractivity contribution in [1.82, 2.24) is 0 Å². The van der Waals surface area contributed by atoms with Crippen LogP contribution in [-0.2, 0) is 14.3 Å². The molecular weight excluding hydrogens is 528 g/mol. The summed E-state index contributed by atoms with van der Waals surface area (Å²) in [6.07, 6.45) is 46.5. The summed E-state index contributed by atoms with van der Waals surface area (Å²) >= 11 is 0. The van der Waals surface area contributed by atoms with Gasteiger partial charge in [-0.2, -0.15) is 0 Å². The van der Waals surface area contributed by atoms with Gasteiger partial charge >= 0.3 is 0 Å². The minimum Gasteiger partial charge on any atom is -0.451 e. The molecule has 0 aliphatic carbocycles. The molecule has 3 nitrogen and oxygen atoms in total. The van der Waals surface area contributed by atoms with E-state index in [1.54, 1.807) is 0 Å². The minimum atomic E-state index is -0.135. The molecule has 0 radical (unpaired) electrons. The topological polar surface area (TPSA) is 43.4 Å². The summed E-state index contributed by atoms with van der Waals surface area (Å²) in [6.45, 7) is 11.8. The molecule has 0 aliphatic rings. The second-order valence-corrected chi connectivity index (χ2v) is 11.0. The average molecular weight is 591 g/mol. The lowest BCUT2D eigenvalue weighted by molar-refractivity contribution is -0.120. The SMILES string of the molecule is C=C(OC(=C)C(=O)CCCCCCC/C=C\C/C=C\C/C=C\CC)C(=O)CCCCCCC/C=C\C/C=C\C/C=C\CC. The number of allylic oxidation sites excluding steroid dienone is 14. The first kappa shape index (κ1) is 40.1. The van der Waals surface area contributed by atoms with Crippen LogP contribution in [-0.4, -0.2) is 11.6 Å². The summed E-state index contributed by atoms with van der Waals surface area (Å²) in [6, 6.07) is 0. The van der Waals surface area contributed by atoms with Crippen molar-refractivity contribution < 1.29 is 14.3 Å². The number of ketones is 2. The highest BCUT2D eigenvalue weighted by atomic mass is 16.5. The summed E-state index contributed by atoms with van der Waals surface area (Å²) in [4.78, 5) is 24.7. The van der Waals surface area contributed by atoms with Crippen molar-refractivity contribution in [3.8, 4) is 0 Å². The average Bonchev–Trinajstić information content (AvgIpc) is 3.00. The summed E-state index contributed by atoms with van der Waals surface area (Å²) in [5, 5.41) is 0. The van der Waals surface area contributed by atoms with Crippen LogP contribution in [0.3, 0.4) is 0 Å². The number of Topliss-reactive ketones (excluding diaryl/α,β-unsaturated/α-hetero) is 2. The van der Waals surface area contributed by atoms with Gasteiger partial charge in [-0.3, -0.25) is 9.59 Å². The third-order valence-corrected chi connectivity index (χ3v) is 6.98. The van der Waals surface area contributed by atoms with Crippen LogP contribution < -0.4 is 0 Å². The first-order chi connectivity index (χ1) is 21.0. The van der Waals surface area contributed by atoms with Crippen LogP contribution in [0.5, 0.6) is 0 Å². The van der Waals surface area contributed by atoms with Gasteiger partial charge in [0, 0.05) is 12.8 Å². The maximum absolute atomic E-state index is 12.3. The summed E-state index contributed by atoms with van der Waals surface area (Å²) in [7, 11) is 0. The molecule has 0 heterocycles. The van der Waals surface area contributed by atoms with E-state index in [-0.39, 0.29) is 23.1 Å². The van der Waals surface area contributed by atoms with Gasteiger partial charge in [-0.15, -0.1) is 0 Å². The predicted octanol–water partition coefficient (Wildman–Crippen LogP) is 12.3. The monoisotopic (exact) mass is 590 g/mol. The van der Waals surface area contributed by atoms with Gasteiger partial charge in [-0.25, -0.2) is 0 Å². The lowest BCUT2D eigenvalue weighted by Crippen LogP contribution is -2.10. The van der Waals surface area contributed by atoms with E-state index in [2.05, 4.69) is 99.9 Å². The third kappa shape index (κ3) is 28.9. The number of carbonyl (C=O) groups is 2. The lowest BCUT2D eigenvalue weighted by atomic mass is 10.1. The molecule has 0 spiro atoms. The maximum Gasteiger partial charge on any atom is 0.197 e. The Labute approximate surface area is 265 Å². The quantitative estimate of drug-likeness (QED) is 0.0362. The van der Waals surface area contributed by atoms with Gasteiger partial charge in [-0.05, 0) is 77.0 Å². The molecule has 0 bridgehead atoms. The molecule has 0 atom stereocenters. The van der Waals surface area contributed by atoms with E-state index < -0.39 is 0 Å². The smallest absolute Gasteiger partial charge is 0.197 e. The van der Waals surface area contributed by atoms with Gasteiger partial charge in [0.25, 0.3) is 0 Å². The van der Waals surface area contributed by atoms with Gasteiger partial charge in [-0.1, -0.05) is 138 Å². The molecule has 0 saturated carbocycles. The highest BCUT2D eigenvalue weighted by Gasteiger charge is 2.14. The van der Waals surface area contributed by atoms with Crippen molar-refractivity contribution in [3.63, 3.8) is 0 Å². The fourth-order valence-corrected chi connectivity index (χ4v) is 4.35. The van der Waals surface area contributed by atoms with Gasteiger partial charge in [0.2, 0.25) is 0 Å². The van der Waals surface area contributed by atoms with Gasteiger partial charge in [0.05, 0.1) is 0 Å². The zero-order chi connectivity index (χ0) is 31.6. The van der Waals surface area contributed by atoms with Crippen LogP contribution in [0.25, 0.3) is 0 Å². The lowest BCUT2D eigenvalue weighted by Gasteiger charge is -2.09. The molecule has 0 N–H and O–H groups in total. The number of hydrogen-bond donors (Lipinski definition) is 0. The van der Waals surface area contributed by atoms with E-state index in [4.69, 9.17) is 4.74 Å². The first-order valence-corrected chi connectivity index (χ1v) is 17.0. The summed E-state index contributed by atoms with van der Waals surface area (Å²) < 4.78 is 5.40. The van der Waals surface area contributed by atoms with Crippen molar-refractivity contribution >= 4 is 11.6 Å².